The molecule has 27 heavy (non-hydrogen) atoms. The van der Waals surface area contributed by atoms with E-state index >= 15 is 0 Å². The number of hydrogen-bond donors (Lipinski definition) is 1. The van der Waals surface area contributed by atoms with Gasteiger partial charge in [0, 0.05) is 19.6 Å². The van der Waals surface area contributed by atoms with Crippen molar-refractivity contribution < 1.29 is 14.6 Å². The van der Waals surface area contributed by atoms with Crippen molar-refractivity contribution in [3.8, 4) is 5.75 Å². The van der Waals surface area contributed by atoms with Gasteiger partial charge in [0.25, 0.3) is 0 Å². The Hall–Kier alpha value is -2.33. The molecule has 2 aromatic carbocycles. The molecule has 0 aliphatic rings. The summed E-state index contributed by atoms with van der Waals surface area (Å²) in [6.45, 7) is 9.02. The van der Waals surface area contributed by atoms with Crippen LogP contribution in [0.4, 0.5) is 0 Å². The normalized spacial score (nSPS) is 11.0. The van der Waals surface area contributed by atoms with Crippen LogP contribution in [0.25, 0.3) is 0 Å². The van der Waals surface area contributed by atoms with Crippen molar-refractivity contribution in [3.05, 3.63) is 64.7 Å². The molecule has 2 aromatic rings. The Balaban J connectivity index is 2.10. The van der Waals surface area contributed by atoms with Crippen LogP contribution in [0.5, 0.6) is 5.75 Å². The number of rotatable bonds is 11. The van der Waals surface area contributed by atoms with Crippen LogP contribution in [-0.4, -0.2) is 29.1 Å². The smallest absolute Gasteiger partial charge is 0.304 e. The summed E-state index contributed by atoms with van der Waals surface area (Å²) in [6, 6.07) is 14.5. The standard InChI is InChI=1S/C23H31NO3/c1-4-5-13-27-22-8-6-7-20(15-22)16-24(12-11-23(25)26)17-21-14-18(2)9-10-19(21)3/h6-10,14-15H,4-5,11-13,16-17H2,1-3H3,(H,25,26). The summed E-state index contributed by atoms with van der Waals surface area (Å²) in [5.41, 5.74) is 4.84. The van der Waals surface area contributed by atoms with Crippen LogP contribution in [0, 0.1) is 13.8 Å². The van der Waals surface area contributed by atoms with Gasteiger partial charge in [-0.3, -0.25) is 9.69 Å². The second-order valence-corrected chi connectivity index (χ2v) is 7.13. The van der Waals surface area contributed by atoms with Gasteiger partial charge >= 0.3 is 5.97 Å². The first kappa shape index (κ1) is 21.0. The fourth-order valence-electron chi connectivity index (χ4n) is 3.01. The minimum Gasteiger partial charge on any atom is -0.494 e. The fourth-order valence-corrected chi connectivity index (χ4v) is 3.01. The molecule has 0 spiro atoms. The molecule has 0 heterocycles. The molecule has 0 bridgehead atoms. The molecule has 0 atom stereocenters. The number of unbranched alkanes of at least 4 members (excludes halogenated alkanes) is 1. The topological polar surface area (TPSA) is 49.8 Å². The Bertz CT molecular complexity index is 742. The first-order chi connectivity index (χ1) is 13.0. The van der Waals surface area contributed by atoms with E-state index in [0.717, 1.165) is 37.3 Å². The van der Waals surface area contributed by atoms with Crippen LogP contribution in [-0.2, 0) is 17.9 Å². The molecule has 146 valence electrons. The maximum absolute atomic E-state index is 11.1. The van der Waals surface area contributed by atoms with Crippen LogP contribution < -0.4 is 4.74 Å². The molecular weight excluding hydrogens is 338 g/mol. The summed E-state index contributed by atoms with van der Waals surface area (Å²) in [5.74, 6) is 0.114. The van der Waals surface area contributed by atoms with E-state index in [0.29, 0.717) is 13.1 Å². The number of hydrogen-bond acceptors (Lipinski definition) is 3. The van der Waals surface area contributed by atoms with Gasteiger partial charge in [-0.2, -0.15) is 0 Å². The van der Waals surface area contributed by atoms with E-state index in [-0.39, 0.29) is 6.42 Å². The fraction of sp³-hybridized carbons (Fsp3) is 0.435. The van der Waals surface area contributed by atoms with Gasteiger partial charge < -0.3 is 9.84 Å². The maximum Gasteiger partial charge on any atom is 0.304 e. The molecule has 0 saturated heterocycles. The van der Waals surface area contributed by atoms with Crippen LogP contribution in [0.2, 0.25) is 0 Å². The molecule has 0 fully saturated rings. The van der Waals surface area contributed by atoms with Gasteiger partial charge in [0.1, 0.15) is 5.75 Å². The number of carbonyl (C=O) groups is 1. The summed E-state index contributed by atoms with van der Waals surface area (Å²) in [6.07, 6.45) is 2.29. The van der Waals surface area contributed by atoms with Crippen molar-refractivity contribution in [2.45, 2.75) is 53.1 Å². The summed E-state index contributed by atoms with van der Waals surface area (Å²) in [5, 5.41) is 9.11. The zero-order chi connectivity index (χ0) is 19.6. The number of carboxylic acids is 1. The van der Waals surface area contributed by atoms with Crippen LogP contribution in [0.1, 0.15) is 48.4 Å². The van der Waals surface area contributed by atoms with Gasteiger partial charge in [-0.05, 0) is 49.1 Å². The number of carboxylic acid groups (broad SMARTS) is 1. The molecular formula is C23H31NO3. The second-order valence-electron chi connectivity index (χ2n) is 7.13. The third-order valence-corrected chi connectivity index (χ3v) is 4.61. The number of aryl methyl sites for hydroxylation is 2. The highest BCUT2D eigenvalue weighted by Gasteiger charge is 2.12. The van der Waals surface area contributed by atoms with Crippen molar-refractivity contribution >= 4 is 5.97 Å². The van der Waals surface area contributed by atoms with E-state index in [4.69, 9.17) is 9.84 Å². The highest BCUT2D eigenvalue weighted by Crippen LogP contribution is 2.19. The van der Waals surface area contributed by atoms with Gasteiger partial charge in [-0.15, -0.1) is 0 Å². The lowest BCUT2D eigenvalue weighted by Crippen LogP contribution is -2.26. The molecule has 2 rings (SSSR count). The third-order valence-electron chi connectivity index (χ3n) is 4.61. The quantitative estimate of drug-likeness (QED) is 0.569. The van der Waals surface area contributed by atoms with Crippen LogP contribution in [0.3, 0.4) is 0 Å². The molecule has 0 aliphatic carbocycles. The Morgan fingerprint density at radius 2 is 1.93 bits per heavy atom. The molecule has 4 nitrogen and oxygen atoms in total. The highest BCUT2D eigenvalue weighted by molar-refractivity contribution is 5.66. The van der Waals surface area contributed by atoms with E-state index in [1.54, 1.807) is 0 Å². The maximum atomic E-state index is 11.1. The summed E-state index contributed by atoms with van der Waals surface area (Å²) in [7, 11) is 0. The van der Waals surface area contributed by atoms with E-state index < -0.39 is 5.97 Å². The van der Waals surface area contributed by atoms with Crippen molar-refractivity contribution in [2.75, 3.05) is 13.2 Å². The average molecular weight is 370 g/mol. The third kappa shape index (κ3) is 7.43. The molecule has 1 N–H and O–H groups in total. The van der Waals surface area contributed by atoms with E-state index in [1.165, 1.54) is 16.7 Å². The monoisotopic (exact) mass is 369 g/mol. The summed E-state index contributed by atoms with van der Waals surface area (Å²) < 4.78 is 5.81. The minimum absolute atomic E-state index is 0.136. The average Bonchev–Trinajstić information content (AvgIpc) is 2.63. The van der Waals surface area contributed by atoms with Crippen molar-refractivity contribution in [2.24, 2.45) is 0 Å². The predicted molar refractivity (Wildman–Crippen MR) is 109 cm³/mol. The largest absolute Gasteiger partial charge is 0.494 e. The highest BCUT2D eigenvalue weighted by atomic mass is 16.5. The van der Waals surface area contributed by atoms with Gasteiger partial charge in [-0.1, -0.05) is 49.2 Å². The molecule has 0 radical (unpaired) electrons. The first-order valence-electron chi connectivity index (χ1n) is 9.70. The zero-order valence-corrected chi connectivity index (χ0v) is 16.7. The predicted octanol–water partition coefficient (Wildman–Crippen LogP) is 4.96. The lowest BCUT2D eigenvalue weighted by molar-refractivity contribution is -0.137. The molecule has 0 amide bonds. The molecule has 0 aromatic heterocycles. The number of benzene rings is 2. The van der Waals surface area contributed by atoms with Crippen molar-refractivity contribution in [1.29, 1.82) is 0 Å². The van der Waals surface area contributed by atoms with Crippen LogP contribution >= 0.6 is 0 Å². The van der Waals surface area contributed by atoms with E-state index in [9.17, 15) is 4.79 Å². The Morgan fingerprint density at radius 3 is 2.67 bits per heavy atom. The van der Waals surface area contributed by atoms with Gasteiger partial charge in [0.15, 0.2) is 0 Å². The lowest BCUT2D eigenvalue weighted by atomic mass is 10.0. The van der Waals surface area contributed by atoms with Gasteiger partial charge in [-0.25, -0.2) is 0 Å². The zero-order valence-electron chi connectivity index (χ0n) is 16.7. The Kier molecular flexibility index (Phi) is 8.34. The van der Waals surface area contributed by atoms with Crippen molar-refractivity contribution in [3.63, 3.8) is 0 Å². The number of ether oxygens (including phenoxy) is 1. The molecule has 0 unspecified atom stereocenters. The number of aliphatic carboxylic acids is 1. The molecule has 0 aliphatic heterocycles. The minimum atomic E-state index is -0.766. The second kappa shape index (κ2) is 10.7. The Labute approximate surface area is 162 Å². The Morgan fingerprint density at radius 1 is 1.11 bits per heavy atom. The van der Waals surface area contributed by atoms with Gasteiger partial charge in [0.05, 0.1) is 13.0 Å². The van der Waals surface area contributed by atoms with E-state index in [2.05, 4.69) is 56.0 Å². The summed E-state index contributed by atoms with van der Waals surface area (Å²) in [4.78, 5) is 13.3. The van der Waals surface area contributed by atoms with Gasteiger partial charge in [0.2, 0.25) is 0 Å². The summed E-state index contributed by atoms with van der Waals surface area (Å²) >= 11 is 0. The molecule has 0 saturated carbocycles. The molecule has 4 heteroatoms. The van der Waals surface area contributed by atoms with Crippen LogP contribution in [0.15, 0.2) is 42.5 Å². The van der Waals surface area contributed by atoms with Crippen molar-refractivity contribution in [1.82, 2.24) is 4.90 Å². The lowest BCUT2D eigenvalue weighted by Gasteiger charge is -2.23. The van der Waals surface area contributed by atoms with E-state index in [1.807, 2.05) is 12.1 Å². The number of nitrogens with zero attached hydrogens (tertiary/aromatic N) is 1. The SMILES string of the molecule is CCCCOc1cccc(CN(CCC(=O)O)Cc2cc(C)ccc2C)c1. The first-order valence-corrected chi connectivity index (χ1v) is 9.70.